The van der Waals surface area contributed by atoms with Crippen molar-refractivity contribution in [2.45, 2.75) is 0 Å². The molecule has 0 bridgehead atoms. The molecule has 0 saturated carbocycles. The van der Waals surface area contributed by atoms with Gasteiger partial charge < -0.3 is 15.0 Å². The van der Waals surface area contributed by atoms with Crippen LogP contribution in [0.25, 0.3) is 27.8 Å². The Hall–Kier alpha value is -3.87. The Bertz CT molecular complexity index is 1230. The van der Waals surface area contributed by atoms with E-state index in [0.29, 0.717) is 5.82 Å². The molecule has 0 fully saturated rings. The highest BCUT2D eigenvalue weighted by Gasteiger charge is 2.10. The van der Waals surface area contributed by atoms with Gasteiger partial charge in [0.2, 0.25) is 0 Å². The predicted molar refractivity (Wildman–Crippen MR) is 107 cm³/mol. The van der Waals surface area contributed by atoms with E-state index in [4.69, 9.17) is 4.98 Å². The Balaban J connectivity index is 1.59. The van der Waals surface area contributed by atoms with Gasteiger partial charge in [0, 0.05) is 48.0 Å². The maximum Gasteiger partial charge on any atom is 0.180 e. The Morgan fingerprint density at radius 3 is 2.74 bits per heavy atom. The van der Waals surface area contributed by atoms with Crippen molar-refractivity contribution in [2.24, 2.45) is 0 Å². The van der Waals surface area contributed by atoms with Crippen LogP contribution in [0.3, 0.4) is 0 Å². The number of aromatic amines is 1. The first kappa shape index (κ1) is 15.4. The van der Waals surface area contributed by atoms with E-state index in [-0.39, 0.29) is 0 Å². The van der Waals surface area contributed by atoms with Crippen LogP contribution in [0.4, 0.5) is 17.2 Å². The first-order chi connectivity index (χ1) is 13.3. The second-order valence-electron chi connectivity index (χ2n) is 6.26. The third-order valence-electron chi connectivity index (χ3n) is 4.55. The molecule has 0 atom stereocenters. The van der Waals surface area contributed by atoms with Crippen molar-refractivity contribution in [3.8, 4) is 11.3 Å². The summed E-state index contributed by atoms with van der Waals surface area (Å²) in [7, 11) is 1.90. The van der Waals surface area contributed by atoms with E-state index in [9.17, 15) is 0 Å². The second-order valence-corrected chi connectivity index (χ2v) is 6.26. The van der Waals surface area contributed by atoms with Crippen molar-refractivity contribution in [1.29, 1.82) is 0 Å². The molecule has 0 spiro atoms. The van der Waals surface area contributed by atoms with Gasteiger partial charge in [0.25, 0.3) is 0 Å². The standard InChI is InChI=1S/C20H17N7/c1-21-15-4-6-16(7-5-15)24-19-20-22-8-9-27(20)12-18(25-19)13-2-3-14-11-23-26-17(14)10-13/h2-12,21H,1H3,(H,23,26)(H,24,25). The van der Waals surface area contributed by atoms with Crippen molar-refractivity contribution in [3.05, 3.63) is 67.3 Å². The number of hydrogen-bond donors (Lipinski definition) is 3. The number of anilines is 3. The van der Waals surface area contributed by atoms with E-state index in [1.165, 1.54) is 0 Å². The Morgan fingerprint density at radius 1 is 1.04 bits per heavy atom. The van der Waals surface area contributed by atoms with E-state index in [0.717, 1.165) is 39.2 Å². The fourth-order valence-corrected chi connectivity index (χ4v) is 3.11. The van der Waals surface area contributed by atoms with E-state index in [1.807, 2.05) is 60.4 Å². The van der Waals surface area contributed by atoms with E-state index < -0.39 is 0 Å². The minimum Gasteiger partial charge on any atom is -0.388 e. The molecule has 0 amide bonds. The van der Waals surface area contributed by atoms with Gasteiger partial charge in [-0.2, -0.15) is 5.10 Å². The van der Waals surface area contributed by atoms with Crippen LogP contribution in [-0.4, -0.2) is 31.6 Å². The third-order valence-corrected chi connectivity index (χ3v) is 4.55. The first-order valence-corrected chi connectivity index (χ1v) is 8.62. The molecule has 0 aliphatic heterocycles. The fraction of sp³-hybridized carbons (Fsp3) is 0.0500. The molecule has 7 heteroatoms. The summed E-state index contributed by atoms with van der Waals surface area (Å²) >= 11 is 0. The number of hydrogen-bond acceptors (Lipinski definition) is 5. The molecule has 132 valence electrons. The summed E-state index contributed by atoms with van der Waals surface area (Å²) in [6, 6.07) is 14.2. The van der Waals surface area contributed by atoms with Crippen LogP contribution in [0.1, 0.15) is 0 Å². The van der Waals surface area contributed by atoms with Gasteiger partial charge in [-0.25, -0.2) is 9.97 Å². The molecule has 5 aromatic rings. The lowest BCUT2D eigenvalue weighted by Crippen LogP contribution is -2.00. The number of H-pyrrole nitrogens is 1. The summed E-state index contributed by atoms with van der Waals surface area (Å²) in [5.74, 6) is 0.708. The van der Waals surface area contributed by atoms with Crippen molar-refractivity contribution in [1.82, 2.24) is 24.6 Å². The number of aromatic nitrogens is 5. The quantitative estimate of drug-likeness (QED) is 0.453. The lowest BCUT2D eigenvalue weighted by atomic mass is 10.1. The minimum atomic E-state index is 0.708. The van der Waals surface area contributed by atoms with Gasteiger partial charge >= 0.3 is 0 Å². The fourth-order valence-electron chi connectivity index (χ4n) is 3.11. The predicted octanol–water partition coefficient (Wildman–Crippen LogP) is 4.06. The molecular weight excluding hydrogens is 338 g/mol. The molecule has 3 N–H and O–H groups in total. The van der Waals surface area contributed by atoms with E-state index in [1.54, 1.807) is 6.20 Å². The van der Waals surface area contributed by atoms with Gasteiger partial charge in [0.05, 0.1) is 17.4 Å². The number of nitrogens with one attached hydrogen (secondary N) is 3. The zero-order chi connectivity index (χ0) is 18.2. The molecule has 0 aliphatic carbocycles. The number of rotatable bonds is 4. The van der Waals surface area contributed by atoms with Gasteiger partial charge in [-0.1, -0.05) is 12.1 Å². The zero-order valence-electron chi connectivity index (χ0n) is 14.6. The number of nitrogens with zero attached hydrogens (tertiary/aromatic N) is 4. The molecule has 3 heterocycles. The number of fused-ring (bicyclic) bond motifs is 2. The van der Waals surface area contributed by atoms with Crippen LogP contribution in [0.5, 0.6) is 0 Å². The summed E-state index contributed by atoms with van der Waals surface area (Å²) < 4.78 is 1.98. The lowest BCUT2D eigenvalue weighted by Gasteiger charge is -2.11. The smallest absolute Gasteiger partial charge is 0.180 e. The highest BCUT2D eigenvalue weighted by atomic mass is 15.1. The lowest BCUT2D eigenvalue weighted by molar-refractivity contribution is 1.12. The normalized spacial score (nSPS) is 11.1. The molecule has 7 nitrogen and oxygen atoms in total. The monoisotopic (exact) mass is 355 g/mol. The molecule has 3 aromatic heterocycles. The average Bonchev–Trinajstić information content (AvgIpc) is 3.37. The van der Waals surface area contributed by atoms with Crippen LogP contribution in [0.15, 0.2) is 67.3 Å². The summed E-state index contributed by atoms with van der Waals surface area (Å²) in [5.41, 5.74) is 5.63. The van der Waals surface area contributed by atoms with Gasteiger partial charge in [-0.15, -0.1) is 0 Å². The molecule has 2 aromatic carbocycles. The van der Waals surface area contributed by atoms with Crippen molar-refractivity contribution in [2.75, 3.05) is 17.7 Å². The Labute approximate surface area is 155 Å². The van der Waals surface area contributed by atoms with Crippen LogP contribution >= 0.6 is 0 Å². The number of benzene rings is 2. The molecule has 0 saturated heterocycles. The van der Waals surface area contributed by atoms with E-state index >= 15 is 0 Å². The van der Waals surface area contributed by atoms with Crippen molar-refractivity contribution in [3.63, 3.8) is 0 Å². The third kappa shape index (κ3) is 2.75. The zero-order valence-corrected chi connectivity index (χ0v) is 14.6. The largest absolute Gasteiger partial charge is 0.388 e. The maximum atomic E-state index is 4.83. The topological polar surface area (TPSA) is 82.9 Å². The van der Waals surface area contributed by atoms with Crippen molar-refractivity contribution >= 4 is 33.7 Å². The molecule has 0 unspecified atom stereocenters. The SMILES string of the molecule is CNc1ccc(Nc2nc(-c3ccc4cn[nH]c4c3)cn3ccnc23)cc1. The van der Waals surface area contributed by atoms with Crippen LogP contribution < -0.4 is 10.6 Å². The van der Waals surface area contributed by atoms with Crippen LogP contribution in [0.2, 0.25) is 0 Å². The summed E-state index contributed by atoms with van der Waals surface area (Å²) in [6.07, 6.45) is 7.49. The summed E-state index contributed by atoms with van der Waals surface area (Å²) in [6.45, 7) is 0. The van der Waals surface area contributed by atoms with Gasteiger partial charge in [-0.3, -0.25) is 5.10 Å². The van der Waals surface area contributed by atoms with Crippen LogP contribution in [-0.2, 0) is 0 Å². The Kier molecular flexibility index (Phi) is 3.50. The second kappa shape index (κ2) is 6.14. The Morgan fingerprint density at radius 2 is 1.89 bits per heavy atom. The first-order valence-electron chi connectivity index (χ1n) is 8.62. The average molecular weight is 355 g/mol. The number of imidazole rings is 1. The maximum absolute atomic E-state index is 4.83. The highest BCUT2D eigenvalue weighted by molar-refractivity contribution is 5.84. The highest BCUT2D eigenvalue weighted by Crippen LogP contribution is 2.26. The minimum absolute atomic E-state index is 0.708. The van der Waals surface area contributed by atoms with Gasteiger partial charge in [0.1, 0.15) is 0 Å². The summed E-state index contributed by atoms with van der Waals surface area (Å²) in [4.78, 5) is 9.26. The van der Waals surface area contributed by atoms with E-state index in [2.05, 4.69) is 37.9 Å². The van der Waals surface area contributed by atoms with Gasteiger partial charge in [0.15, 0.2) is 11.5 Å². The van der Waals surface area contributed by atoms with Gasteiger partial charge in [-0.05, 0) is 30.3 Å². The molecular formula is C20H17N7. The molecule has 0 aliphatic rings. The molecule has 27 heavy (non-hydrogen) atoms. The summed E-state index contributed by atoms with van der Waals surface area (Å²) in [5, 5.41) is 14.7. The van der Waals surface area contributed by atoms with Crippen LogP contribution in [0, 0.1) is 0 Å². The van der Waals surface area contributed by atoms with Crippen molar-refractivity contribution < 1.29 is 0 Å². The molecule has 0 radical (unpaired) electrons. The molecule has 5 rings (SSSR count).